The minimum atomic E-state index is -0.813. The number of fused-ring (bicyclic) bond motifs is 1. The van der Waals surface area contributed by atoms with Crippen molar-refractivity contribution in [3.8, 4) is 0 Å². The van der Waals surface area contributed by atoms with Gasteiger partial charge in [0.15, 0.2) is 0 Å². The molecule has 6 nitrogen and oxygen atoms in total. The molecular weight excluding hydrogens is 272 g/mol. The Balaban J connectivity index is 2.07. The molecule has 1 heterocycles. The fourth-order valence-electron chi connectivity index (χ4n) is 2.57. The molecule has 0 spiro atoms. The maximum Gasteiger partial charge on any atom is 0.311 e. The summed E-state index contributed by atoms with van der Waals surface area (Å²) in [6.45, 7) is 1.74. The Bertz CT molecular complexity index is 518. The molecule has 0 aromatic heterocycles. The number of carboxylic acids is 1. The van der Waals surface area contributed by atoms with Crippen molar-refractivity contribution in [2.75, 3.05) is 38.3 Å². The third-order valence-corrected chi connectivity index (χ3v) is 3.60. The number of rotatable bonds is 6. The zero-order chi connectivity index (χ0) is 15.2. The van der Waals surface area contributed by atoms with Gasteiger partial charge in [0.2, 0.25) is 5.91 Å². The summed E-state index contributed by atoms with van der Waals surface area (Å²) in [6, 6.07) is 7.38. The van der Waals surface area contributed by atoms with E-state index in [0.717, 1.165) is 11.3 Å². The van der Waals surface area contributed by atoms with Crippen LogP contribution in [0.3, 0.4) is 0 Å². The average Bonchev–Trinajstić information content (AvgIpc) is 2.47. The number of hydrogen-bond donors (Lipinski definition) is 2. The van der Waals surface area contributed by atoms with Gasteiger partial charge in [0, 0.05) is 25.9 Å². The largest absolute Gasteiger partial charge is 0.481 e. The number of carbonyl (C=O) groups is 2. The maximum atomic E-state index is 11.9. The van der Waals surface area contributed by atoms with Gasteiger partial charge in [-0.2, -0.15) is 0 Å². The smallest absolute Gasteiger partial charge is 0.311 e. The van der Waals surface area contributed by atoms with E-state index >= 15 is 0 Å². The number of carbonyl (C=O) groups excluding carboxylic acids is 1. The SMILES string of the molecule is COCCNC(=O)CN1CCC(C(=O)O)c2ccccc21. The first-order chi connectivity index (χ1) is 10.1. The first kappa shape index (κ1) is 15.3. The van der Waals surface area contributed by atoms with Crippen LogP contribution in [0.5, 0.6) is 0 Å². The van der Waals surface area contributed by atoms with Gasteiger partial charge in [0.1, 0.15) is 0 Å². The maximum absolute atomic E-state index is 11.9. The molecule has 1 unspecified atom stereocenters. The third kappa shape index (κ3) is 3.72. The van der Waals surface area contributed by atoms with Crippen molar-refractivity contribution in [1.29, 1.82) is 0 Å². The number of nitrogens with one attached hydrogen (secondary N) is 1. The van der Waals surface area contributed by atoms with Crippen LogP contribution in [0.25, 0.3) is 0 Å². The Kier molecular flexibility index (Phi) is 5.16. The normalized spacial score (nSPS) is 17.2. The number of aliphatic carboxylic acids is 1. The van der Waals surface area contributed by atoms with Crippen LogP contribution in [0.4, 0.5) is 5.69 Å². The van der Waals surface area contributed by atoms with Crippen LogP contribution < -0.4 is 10.2 Å². The van der Waals surface area contributed by atoms with Crippen molar-refractivity contribution in [2.45, 2.75) is 12.3 Å². The standard InChI is InChI=1S/C15H20N2O4/c1-21-9-7-16-14(18)10-17-8-6-12(15(19)20)11-4-2-3-5-13(11)17/h2-5,12H,6-10H2,1H3,(H,16,18)(H,19,20). The van der Waals surface area contributed by atoms with E-state index in [4.69, 9.17) is 4.74 Å². The lowest BCUT2D eigenvalue weighted by Gasteiger charge is -2.33. The molecule has 0 bridgehead atoms. The van der Waals surface area contributed by atoms with Gasteiger partial charge in [-0.1, -0.05) is 18.2 Å². The summed E-state index contributed by atoms with van der Waals surface area (Å²) in [7, 11) is 1.58. The Labute approximate surface area is 123 Å². The van der Waals surface area contributed by atoms with E-state index in [1.165, 1.54) is 0 Å². The lowest BCUT2D eigenvalue weighted by molar-refractivity contribution is -0.139. The fourth-order valence-corrected chi connectivity index (χ4v) is 2.57. The minimum absolute atomic E-state index is 0.0874. The number of benzene rings is 1. The number of para-hydroxylation sites is 1. The average molecular weight is 292 g/mol. The molecule has 2 rings (SSSR count). The van der Waals surface area contributed by atoms with Crippen LogP contribution >= 0.6 is 0 Å². The van der Waals surface area contributed by atoms with Crippen molar-refractivity contribution in [3.63, 3.8) is 0 Å². The predicted octanol–water partition coefficient (Wildman–Crippen LogP) is 0.828. The number of carboxylic acid groups (broad SMARTS) is 1. The van der Waals surface area contributed by atoms with E-state index in [9.17, 15) is 14.7 Å². The predicted molar refractivity (Wildman–Crippen MR) is 78.5 cm³/mol. The molecule has 1 aliphatic rings. The number of hydrogen-bond acceptors (Lipinski definition) is 4. The quantitative estimate of drug-likeness (QED) is 0.759. The van der Waals surface area contributed by atoms with Crippen molar-refractivity contribution < 1.29 is 19.4 Å². The molecule has 1 aliphatic heterocycles. The topological polar surface area (TPSA) is 78.9 Å². The molecule has 0 radical (unpaired) electrons. The van der Waals surface area contributed by atoms with E-state index in [0.29, 0.717) is 26.1 Å². The molecule has 0 saturated carbocycles. The van der Waals surface area contributed by atoms with Crippen LogP contribution in [0.15, 0.2) is 24.3 Å². The van der Waals surface area contributed by atoms with Crippen molar-refractivity contribution in [1.82, 2.24) is 5.32 Å². The van der Waals surface area contributed by atoms with Gasteiger partial charge < -0.3 is 20.1 Å². The third-order valence-electron chi connectivity index (χ3n) is 3.60. The monoisotopic (exact) mass is 292 g/mol. The summed E-state index contributed by atoms with van der Waals surface area (Å²) in [4.78, 5) is 25.1. The molecule has 1 aromatic carbocycles. The second-order valence-corrected chi connectivity index (χ2v) is 5.00. The molecule has 1 aromatic rings. The second kappa shape index (κ2) is 7.08. The highest BCUT2D eigenvalue weighted by Gasteiger charge is 2.30. The van der Waals surface area contributed by atoms with E-state index in [-0.39, 0.29) is 12.5 Å². The van der Waals surface area contributed by atoms with Crippen LogP contribution in [0, 0.1) is 0 Å². The van der Waals surface area contributed by atoms with Crippen LogP contribution in [0.1, 0.15) is 17.9 Å². The Morgan fingerprint density at radius 3 is 2.90 bits per heavy atom. The molecular formula is C15H20N2O4. The number of ether oxygens (including phenoxy) is 1. The Morgan fingerprint density at radius 1 is 1.43 bits per heavy atom. The van der Waals surface area contributed by atoms with Crippen molar-refractivity contribution in [2.24, 2.45) is 0 Å². The van der Waals surface area contributed by atoms with Gasteiger partial charge in [-0.05, 0) is 18.1 Å². The lowest BCUT2D eigenvalue weighted by atomic mass is 9.90. The van der Waals surface area contributed by atoms with Gasteiger partial charge in [-0.25, -0.2) is 0 Å². The van der Waals surface area contributed by atoms with Crippen molar-refractivity contribution >= 4 is 17.6 Å². The highest BCUT2D eigenvalue weighted by molar-refractivity contribution is 5.84. The van der Waals surface area contributed by atoms with Gasteiger partial charge in [-0.3, -0.25) is 9.59 Å². The van der Waals surface area contributed by atoms with E-state index in [1.54, 1.807) is 7.11 Å². The van der Waals surface area contributed by atoms with Crippen LogP contribution in [0.2, 0.25) is 0 Å². The molecule has 6 heteroatoms. The van der Waals surface area contributed by atoms with Crippen molar-refractivity contribution in [3.05, 3.63) is 29.8 Å². The summed E-state index contributed by atoms with van der Waals surface area (Å²) < 4.78 is 4.89. The molecule has 0 saturated heterocycles. The number of nitrogens with zero attached hydrogens (tertiary/aromatic N) is 1. The number of anilines is 1. The van der Waals surface area contributed by atoms with E-state index in [2.05, 4.69) is 5.32 Å². The summed E-state index contributed by atoms with van der Waals surface area (Å²) in [5, 5.41) is 12.1. The highest BCUT2D eigenvalue weighted by atomic mass is 16.5. The molecule has 21 heavy (non-hydrogen) atoms. The molecule has 1 atom stereocenters. The molecule has 114 valence electrons. The van der Waals surface area contributed by atoms with Crippen LogP contribution in [-0.4, -0.2) is 50.3 Å². The van der Waals surface area contributed by atoms with Gasteiger partial charge in [-0.15, -0.1) is 0 Å². The number of methoxy groups -OCH3 is 1. The highest BCUT2D eigenvalue weighted by Crippen LogP contribution is 2.34. The van der Waals surface area contributed by atoms with E-state index < -0.39 is 11.9 Å². The zero-order valence-electron chi connectivity index (χ0n) is 12.0. The van der Waals surface area contributed by atoms with Crippen LogP contribution in [-0.2, 0) is 14.3 Å². The van der Waals surface area contributed by atoms with Gasteiger partial charge >= 0.3 is 5.97 Å². The molecule has 2 N–H and O–H groups in total. The summed E-state index contributed by atoms with van der Waals surface area (Å²) >= 11 is 0. The summed E-state index contributed by atoms with van der Waals surface area (Å²) in [6.07, 6.45) is 0.512. The number of amides is 1. The first-order valence-electron chi connectivity index (χ1n) is 6.95. The van der Waals surface area contributed by atoms with E-state index in [1.807, 2.05) is 29.2 Å². The second-order valence-electron chi connectivity index (χ2n) is 5.00. The zero-order valence-corrected chi connectivity index (χ0v) is 12.0. The Hall–Kier alpha value is -2.08. The minimum Gasteiger partial charge on any atom is -0.481 e. The van der Waals surface area contributed by atoms with Gasteiger partial charge in [0.05, 0.1) is 19.1 Å². The van der Waals surface area contributed by atoms with Gasteiger partial charge in [0.25, 0.3) is 0 Å². The first-order valence-corrected chi connectivity index (χ1v) is 6.95. The summed E-state index contributed by atoms with van der Waals surface area (Å²) in [5.41, 5.74) is 1.61. The summed E-state index contributed by atoms with van der Waals surface area (Å²) in [5.74, 6) is -1.39. The molecule has 0 fully saturated rings. The Morgan fingerprint density at radius 2 is 2.19 bits per heavy atom. The molecule has 0 aliphatic carbocycles. The molecule has 1 amide bonds. The fraction of sp³-hybridized carbons (Fsp3) is 0.467. The lowest BCUT2D eigenvalue weighted by Crippen LogP contribution is -2.42.